The van der Waals surface area contributed by atoms with Crippen LogP contribution in [0.2, 0.25) is 0 Å². The fourth-order valence-corrected chi connectivity index (χ4v) is 2.66. The summed E-state index contributed by atoms with van der Waals surface area (Å²) in [5.41, 5.74) is -0.208. The zero-order valence-electron chi connectivity index (χ0n) is 10.4. The average molecular weight is 243 g/mol. The fraction of sp³-hybridized carbons (Fsp3) is 0.917. The molecule has 98 valence electrons. The lowest BCUT2D eigenvalue weighted by Gasteiger charge is -2.44. The van der Waals surface area contributed by atoms with Gasteiger partial charge in [0, 0.05) is 26.1 Å². The molecule has 0 aliphatic carbocycles. The molecule has 5 heteroatoms. The molecule has 1 atom stereocenters. The number of aliphatic hydroxyl groups is 1. The third kappa shape index (κ3) is 2.90. The van der Waals surface area contributed by atoms with Gasteiger partial charge in [0.25, 0.3) is 0 Å². The van der Waals surface area contributed by atoms with Crippen molar-refractivity contribution in [3.05, 3.63) is 0 Å². The predicted octanol–water partition coefficient (Wildman–Crippen LogP) is 1.15. The molecule has 2 fully saturated rings. The van der Waals surface area contributed by atoms with Crippen molar-refractivity contribution in [1.29, 1.82) is 0 Å². The van der Waals surface area contributed by atoms with Gasteiger partial charge in [-0.1, -0.05) is 0 Å². The van der Waals surface area contributed by atoms with E-state index in [1.54, 1.807) is 4.90 Å². The Kier molecular flexibility index (Phi) is 3.89. The Hall–Kier alpha value is -0.810. The van der Waals surface area contributed by atoms with Gasteiger partial charge in [-0.3, -0.25) is 0 Å². The minimum Gasteiger partial charge on any atom is -0.450 e. The molecule has 1 amide bonds. The smallest absolute Gasteiger partial charge is 0.409 e. The molecule has 1 N–H and O–H groups in total. The molecule has 2 aliphatic rings. The molecule has 2 saturated heterocycles. The molecule has 0 aromatic rings. The highest BCUT2D eigenvalue weighted by molar-refractivity contribution is 5.67. The highest BCUT2D eigenvalue weighted by atomic mass is 16.6. The van der Waals surface area contributed by atoms with Gasteiger partial charge in [0.05, 0.1) is 18.3 Å². The molecule has 0 radical (unpaired) electrons. The van der Waals surface area contributed by atoms with Crippen LogP contribution in [0.5, 0.6) is 0 Å². The van der Waals surface area contributed by atoms with Gasteiger partial charge in [-0.25, -0.2) is 4.79 Å². The Bertz CT molecular complexity index is 274. The van der Waals surface area contributed by atoms with E-state index in [4.69, 9.17) is 9.47 Å². The molecule has 0 aromatic carbocycles. The van der Waals surface area contributed by atoms with Gasteiger partial charge in [0.15, 0.2) is 0 Å². The monoisotopic (exact) mass is 243 g/mol. The Morgan fingerprint density at radius 1 is 1.53 bits per heavy atom. The maximum absolute atomic E-state index is 11.5. The number of hydrogen-bond donors (Lipinski definition) is 1. The fourth-order valence-electron chi connectivity index (χ4n) is 2.66. The number of piperidine rings is 1. The summed E-state index contributed by atoms with van der Waals surface area (Å²) >= 11 is 0. The standard InChI is InChI=1S/C12H21NO4/c1-2-16-11(15)13-6-4-12(5-7-13)9-10(14)3-8-17-12/h10,14H,2-9H2,1H3/t10-/m0/s1. The first-order valence-corrected chi connectivity index (χ1v) is 6.39. The van der Waals surface area contributed by atoms with Crippen molar-refractivity contribution in [2.75, 3.05) is 26.3 Å². The summed E-state index contributed by atoms with van der Waals surface area (Å²) in [6, 6.07) is 0. The summed E-state index contributed by atoms with van der Waals surface area (Å²) in [7, 11) is 0. The van der Waals surface area contributed by atoms with Crippen molar-refractivity contribution >= 4 is 6.09 Å². The van der Waals surface area contributed by atoms with Gasteiger partial charge >= 0.3 is 6.09 Å². The van der Waals surface area contributed by atoms with Gasteiger partial charge in [-0.15, -0.1) is 0 Å². The van der Waals surface area contributed by atoms with E-state index in [1.165, 1.54) is 0 Å². The molecular weight excluding hydrogens is 222 g/mol. The normalized spacial score (nSPS) is 28.1. The van der Waals surface area contributed by atoms with Crippen LogP contribution in [-0.4, -0.2) is 54.1 Å². The van der Waals surface area contributed by atoms with Crippen molar-refractivity contribution in [2.45, 2.75) is 44.3 Å². The molecule has 2 heterocycles. The van der Waals surface area contributed by atoms with Crippen LogP contribution in [-0.2, 0) is 9.47 Å². The summed E-state index contributed by atoms with van der Waals surface area (Å²) < 4.78 is 10.8. The van der Waals surface area contributed by atoms with Crippen molar-refractivity contribution in [1.82, 2.24) is 4.90 Å². The molecule has 0 aromatic heterocycles. The lowest BCUT2D eigenvalue weighted by atomic mass is 9.83. The quantitative estimate of drug-likeness (QED) is 0.750. The number of ether oxygens (including phenoxy) is 2. The van der Waals surface area contributed by atoms with E-state index in [1.807, 2.05) is 6.92 Å². The zero-order chi connectivity index (χ0) is 12.3. The zero-order valence-corrected chi connectivity index (χ0v) is 10.4. The minimum absolute atomic E-state index is 0.208. The van der Waals surface area contributed by atoms with Crippen LogP contribution < -0.4 is 0 Å². The first-order valence-electron chi connectivity index (χ1n) is 6.39. The van der Waals surface area contributed by atoms with E-state index in [2.05, 4.69) is 0 Å². The van der Waals surface area contributed by atoms with Gasteiger partial charge in [-0.05, 0) is 26.2 Å². The topological polar surface area (TPSA) is 59.0 Å². The molecule has 0 bridgehead atoms. The van der Waals surface area contributed by atoms with Crippen molar-refractivity contribution < 1.29 is 19.4 Å². The summed E-state index contributed by atoms with van der Waals surface area (Å²) in [5.74, 6) is 0. The van der Waals surface area contributed by atoms with E-state index in [0.717, 1.165) is 19.3 Å². The van der Waals surface area contributed by atoms with E-state index in [-0.39, 0.29) is 17.8 Å². The SMILES string of the molecule is CCOC(=O)N1CCC2(CC1)C[C@@H](O)CCO2. The first-order chi connectivity index (χ1) is 8.15. The Morgan fingerprint density at radius 2 is 2.24 bits per heavy atom. The van der Waals surface area contributed by atoms with E-state index < -0.39 is 0 Å². The van der Waals surface area contributed by atoms with Gasteiger partial charge in [0.2, 0.25) is 0 Å². The number of likely N-dealkylation sites (tertiary alicyclic amines) is 1. The second kappa shape index (κ2) is 5.23. The van der Waals surface area contributed by atoms with Crippen molar-refractivity contribution in [3.8, 4) is 0 Å². The summed E-state index contributed by atoms with van der Waals surface area (Å²) in [6.45, 7) is 4.16. The van der Waals surface area contributed by atoms with Crippen molar-refractivity contribution in [2.24, 2.45) is 0 Å². The van der Waals surface area contributed by atoms with Crippen LogP contribution in [0.3, 0.4) is 0 Å². The number of hydrogen-bond acceptors (Lipinski definition) is 4. The lowest BCUT2D eigenvalue weighted by Crippen LogP contribution is -2.51. The average Bonchev–Trinajstić information content (AvgIpc) is 2.30. The number of amides is 1. The highest BCUT2D eigenvalue weighted by Crippen LogP contribution is 2.35. The Labute approximate surface area is 102 Å². The molecule has 5 nitrogen and oxygen atoms in total. The third-order valence-electron chi connectivity index (χ3n) is 3.67. The molecule has 1 spiro atoms. The number of aliphatic hydroxyl groups excluding tert-OH is 1. The number of nitrogens with zero attached hydrogens (tertiary/aromatic N) is 1. The summed E-state index contributed by atoms with van der Waals surface area (Å²) in [5, 5.41) is 9.70. The number of carbonyl (C=O) groups excluding carboxylic acids is 1. The van der Waals surface area contributed by atoms with Crippen LogP contribution in [0.15, 0.2) is 0 Å². The molecule has 0 unspecified atom stereocenters. The molecule has 2 aliphatic heterocycles. The molecule has 2 rings (SSSR count). The minimum atomic E-state index is -0.252. The van der Waals surface area contributed by atoms with Crippen LogP contribution >= 0.6 is 0 Å². The molecule has 0 saturated carbocycles. The van der Waals surface area contributed by atoms with Gasteiger partial charge in [0.1, 0.15) is 0 Å². The van der Waals surface area contributed by atoms with E-state index >= 15 is 0 Å². The third-order valence-corrected chi connectivity index (χ3v) is 3.67. The summed E-state index contributed by atoms with van der Waals surface area (Å²) in [4.78, 5) is 13.3. The molecular formula is C12H21NO4. The van der Waals surface area contributed by atoms with E-state index in [9.17, 15) is 9.90 Å². The number of carbonyl (C=O) groups is 1. The van der Waals surface area contributed by atoms with Crippen LogP contribution in [0.4, 0.5) is 4.79 Å². The van der Waals surface area contributed by atoms with Gasteiger partial charge in [-0.2, -0.15) is 0 Å². The summed E-state index contributed by atoms with van der Waals surface area (Å²) in [6.07, 6.45) is 2.52. The number of rotatable bonds is 1. The Morgan fingerprint density at radius 3 is 2.82 bits per heavy atom. The molecule has 17 heavy (non-hydrogen) atoms. The van der Waals surface area contributed by atoms with Crippen molar-refractivity contribution in [3.63, 3.8) is 0 Å². The van der Waals surface area contributed by atoms with Crippen LogP contribution in [0, 0.1) is 0 Å². The maximum Gasteiger partial charge on any atom is 0.409 e. The first kappa shape index (κ1) is 12.6. The maximum atomic E-state index is 11.5. The second-order valence-electron chi connectivity index (χ2n) is 4.86. The predicted molar refractivity (Wildman–Crippen MR) is 61.8 cm³/mol. The van der Waals surface area contributed by atoms with Crippen LogP contribution in [0.25, 0.3) is 0 Å². The lowest BCUT2D eigenvalue weighted by molar-refractivity contribution is -0.140. The van der Waals surface area contributed by atoms with E-state index in [0.29, 0.717) is 32.7 Å². The largest absolute Gasteiger partial charge is 0.450 e. The highest BCUT2D eigenvalue weighted by Gasteiger charge is 2.40. The van der Waals surface area contributed by atoms with Gasteiger partial charge < -0.3 is 19.5 Å². The Balaban J connectivity index is 1.86. The second-order valence-corrected chi connectivity index (χ2v) is 4.86. The van der Waals surface area contributed by atoms with Crippen LogP contribution in [0.1, 0.15) is 32.6 Å².